The van der Waals surface area contributed by atoms with Crippen LogP contribution < -0.4 is 10.1 Å². The number of hydrogen-bond donors (Lipinski definition) is 1. The second-order valence-corrected chi connectivity index (χ2v) is 5.03. The first-order chi connectivity index (χ1) is 10.5. The van der Waals surface area contributed by atoms with Crippen molar-refractivity contribution < 1.29 is 13.9 Å². The zero-order valence-corrected chi connectivity index (χ0v) is 12.6. The number of hydrogen-bond acceptors (Lipinski definition) is 3. The first-order valence-electron chi connectivity index (χ1n) is 6.07. The van der Waals surface area contributed by atoms with Crippen LogP contribution in [-0.4, -0.2) is 12.5 Å². The molecule has 2 aromatic carbocycles. The first kappa shape index (κ1) is 16.1. The molecule has 0 aliphatic carbocycles. The van der Waals surface area contributed by atoms with Crippen molar-refractivity contribution in [1.82, 2.24) is 0 Å². The van der Waals surface area contributed by atoms with Crippen LogP contribution in [0.15, 0.2) is 36.4 Å². The quantitative estimate of drug-likeness (QED) is 0.915. The Morgan fingerprint density at radius 3 is 2.68 bits per heavy atom. The molecular formula is C15H9Cl2FN2O2. The molecule has 0 aromatic heterocycles. The molecule has 112 valence electrons. The van der Waals surface area contributed by atoms with Crippen LogP contribution in [0.1, 0.15) is 5.56 Å². The van der Waals surface area contributed by atoms with Gasteiger partial charge in [-0.2, -0.15) is 5.26 Å². The lowest BCUT2D eigenvalue weighted by atomic mass is 10.2. The van der Waals surface area contributed by atoms with Crippen molar-refractivity contribution in [3.05, 3.63) is 57.8 Å². The molecular weight excluding hydrogens is 330 g/mol. The van der Waals surface area contributed by atoms with Crippen molar-refractivity contribution in [1.29, 1.82) is 5.26 Å². The number of benzene rings is 2. The fourth-order valence-corrected chi connectivity index (χ4v) is 1.89. The normalized spacial score (nSPS) is 9.91. The van der Waals surface area contributed by atoms with E-state index in [0.29, 0.717) is 21.5 Å². The number of anilines is 1. The standard InChI is InChI=1S/C15H9Cl2FN2O2/c16-12-3-2-11(6-13(12)17)22-8-15(21)20-10-1-4-14(18)9(5-10)7-19/h1-6H,8H2,(H,20,21). The zero-order valence-electron chi connectivity index (χ0n) is 11.1. The second kappa shape index (κ2) is 7.12. The van der Waals surface area contributed by atoms with Gasteiger partial charge in [-0.15, -0.1) is 0 Å². The Balaban J connectivity index is 1.96. The Bertz CT molecular complexity index is 760. The van der Waals surface area contributed by atoms with E-state index in [1.165, 1.54) is 18.2 Å². The molecule has 0 heterocycles. The van der Waals surface area contributed by atoms with E-state index < -0.39 is 11.7 Å². The van der Waals surface area contributed by atoms with Gasteiger partial charge in [0.15, 0.2) is 6.61 Å². The van der Waals surface area contributed by atoms with Gasteiger partial charge < -0.3 is 10.1 Å². The summed E-state index contributed by atoms with van der Waals surface area (Å²) in [5.74, 6) is -0.713. The third-order valence-electron chi connectivity index (χ3n) is 2.63. The molecule has 0 radical (unpaired) electrons. The highest BCUT2D eigenvalue weighted by atomic mass is 35.5. The molecule has 22 heavy (non-hydrogen) atoms. The topological polar surface area (TPSA) is 62.1 Å². The van der Waals surface area contributed by atoms with Gasteiger partial charge in [0.2, 0.25) is 0 Å². The highest BCUT2D eigenvalue weighted by Gasteiger charge is 2.08. The molecule has 0 bridgehead atoms. The molecule has 0 saturated carbocycles. The molecule has 7 heteroatoms. The third kappa shape index (κ3) is 4.10. The Morgan fingerprint density at radius 1 is 1.23 bits per heavy atom. The Labute approximate surface area is 136 Å². The minimum atomic E-state index is -0.646. The van der Waals surface area contributed by atoms with Gasteiger partial charge in [-0.05, 0) is 30.3 Å². The molecule has 0 unspecified atom stereocenters. The maximum Gasteiger partial charge on any atom is 0.262 e. The summed E-state index contributed by atoms with van der Waals surface area (Å²) in [4.78, 5) is 11.8. The fraction of sp³-hybridized carbons (Fsp3) is 0.0667. The van der Waals surface area contributed by atoms with Gasteiger partial charge in [0.05, 0.1) is 15.6 Å². The van der Waals surface area contributed by atoms with E-state index in [9.17, 15) is 9.18 Å². The number of rotatable bonds is 4. The van der Waals surface area contributed by atoms with Crippen LogP contribution in [0, 0.1) is 17.1 Å². The van der Waals surface area contributed by atoms with Crippen molar-refractivity contribution in [2.24, 2.45) is 0 Å². The number of halogens is 3. The summed E-state index contributed by atoms with van der Waals surface area (Å²) in [5, 5.41) is 11.9. The summed E-state index contributed by atoms with van der Waals surface area (Å²) in [6.45, 7) is -0.267. The van der Waals surface area contributed by atoms with Crippen molar-refractivity contribution in [2.45, 2.75) is 0 Å². The molecule has 1 N–H and O–H groups in total. The average molecular weight is 339 g/mol. The van der Waals surface area contributed by atoms with Crippen molar-refractivity contribution in [3.8, 4) is 11.8 Å². The van der Waals surface area contributed by atoms with Crippen LogP contribution in [0.2, 0.25) is 10.0 Å². The van der Waals surface area contributed by atoms with E-state index in [0.717, 1.165) is 6.07 Å². The SMILES string of the molecule is N#Cc1cc(NC(=O)COc2ccc(Cl)c(Cl)c2)ccc1F. The largest absolute Gasteiger partial charge is 0.484 e. The van der Waals surface area contributed by atoms with Crippen LogP contribution >= 0.6 is 23.2 Å². The average Bonchev–Trinajstić information content (AvgIpc) is 2.50. The van der Waals surface area contributed by atoms with Gasteiger partial charge >= 0.3 is 0 Å². The maximum atomic E-state index is 13.2. The number of nitriles is 1. The van der Waals surface area contributed by atoms with Gasteiger partial charge in [0, 0.05) is 11.8 Å². The minimum Gasteiger partial charge on any atom is -0.484 e. The van der Waals surface area contributed by atoms with Crippen LogP contribution in [0.5, 0.6) is 5.75 Å². The van der Waals surface area contributed by atoms with Gasteiger partial charge in [0.1, 0.15) is 17.6 Å². The molecule has 0 fully saturated rings. The molecule has 0 aliphatic heterocycles. The van der Waals surface area contributed by atoms with Crippen molar-refractivity contribution in [3.63, 3.8) is 0 Å². The van der Waals surface area contributed by atoms with Crippen LogP contribution in [0.4, 0.5) is 10.1 Å². The summed E-state index contributed by atoms with van der Waals surface area (Å²) in [6, 6.07) is 10.0. The molecule has 1 amide bonds. The number of amides is 1. The number of ether oxygens (including phenoxy) is 1. The number of carbonyl (C=O) groups is 1. The van der Waals surface area contributed by atoms with E-state index >= 15 is 0 Å². The predicted octanol–water partition coefficient (Wildman–Crippen LogP) is 4.02. The van der Waals surface area contributed by atoms with E-state index in [4.69, 9.17) is 33.2 Å². The summed E-state index contributed by atoms with van der Waals surface area (Å²) in [7, 11) is 0. The molecule has 2 rings (SSSR count). The van der Waals surface area contributed by atoms with Gasteiger partial charge in [-0.25, -0.2) is 4.39 Å². The number of nitrogens with one attached hydrogen (secondary N) is 1. The molecule has 0 spiro atoms. The molecule has 0 aliphatic rings. The number of nitrogens with zero attached hydrogens (tertiary/aromatic N) is 1. The lowest BCUT2D eigenvalue weighted by Gasteiger charge is -2.08. The molecule has 4 nitrogen and oxygen atoms in total. The zero-order chi connectivity index (χ0) is 16.1. The Kier molecular flexibility index (Phi) is 5.21. The third-order valence-corrected chi connectivity index (χ3v) is 3.37. The summed E-state index contributed by atoms with van der Waals surface area (Å²) >= 11 is 11.6. The smallest absolute Gasteiger partial charge is 0.262 e. The van der Waals surface area contributed by atoms with E-state index in [-0.39, 0.29) is 12.2 Å². The minimum absolute atomic E-state index is 0.150. The summed E-state index contributed by atoms with van der Waals surface area (Å²) in [6.07, 6.45) is 0. The Morgan fingerprint density at radius 2 is 2.00 bits per heavy atom. The highest BCUT2D eigenvalue weighted by molar-refractivity contribution is 6.42. The Hall–Kier alpha value is -2.29. The van der Waals surface area contributed by atoms with Gasteiger partial charge in [0.25, 0.3) is 5.91 Å². The number of carbonyl (C=O) groups excluding carboxylic acids is 1. The van der Waals surface area contributed by atoms with E-state index in [1.807, 2.05) is 0 Å². The van der Waals surface area contributed by atoms with Crippen LogP contribution in [0.3, 0.4) is 0 Å². The van der Waals surface area contributed by atoms with Crippen molar-refractivity contribution >= 4 is 34.8 Å². The predicted molar refractivity (Wildman–Crippen MR) is 81.7 cm³/mol. The lowest BCUT2D eigenvalue weighted by molar-refractivity contribution is -0.118. The summed E-state index contributed by atoms with van der Waals surface area (Å²) < 4.78 is 18.4. The van der Waals surface area contributed by atoms with Crippen LogP contribution in [-0.2, 0) is 4.79 Å². The lowest BCUT2D eigenvalue weighted by Crippen LogP contribution is -2.20. The second-order valence-electron chi connectivity index (χ2n) is 4.22. The van der Waals surface area contributed by atoms with Gasteiger partial charge in [-0.1, -0.05) is 23.2 Å². The van der Waals surface area contributed by atoms with E-state index in [1.54, 1.807) is 18.2 Å². The van der Waals surface area contributed by atoms with E-state index in [2.05, 4.69) is 5.32 Å². The monoisotopic (exact) mass is 338 g/mol. The van der Waals surface area contributed by atoms with Crippen LogP contribution in [0.25, 0.3) is 0 Å². The van der Waals surface area contributed by atoms with Crippen molar-refractivity contribution in [2.75, 3.05) is 11.9 Å². The molecule has 2 aromatic rings. The summed E-state index contributed by atoms with van der Waals surface area (Å²) in [5.41, 5.74) is 0.156. The first-order valence-corrected chi connectivity index (χ1v) is 6.82. The van der Waals surface area contributed by atoms with Gasteiger partial charge in [-0.3, -0.25) is 4.79 Å². The fourth-order valence-electron chi connectivity index (χ4n) is 1.60. The molecule has 0 saturated heterocycles. The maximum absolute atomic E-state index is 13.2. The highest BCUT2D eigenvalue weighted by Crippen LogP contribution is 2.26. The molecule has 0 atom stereocenters.